The fraction of sp³-hybridized carbons (Fsp3) is 0.429. The molecule has 0 bridgehead atoms. The smallest absolute Gasteiger partial charge is 0.0189 e. The number of rotatable bonds is 2. The highest BCUT2D eigenvalue weighted by Crippen LogP contribution is 2.03. The van der Waals surface area contributed by atoms with Crippen LogP contribution in [0.15, 0.2) is 12.3 Å². The van der Waals surface area contributed by atoms with Crippen LogP contribution in [0.2, 0.25) is 0 Å². The number of aromatic nitrogens is 1. The van der Waals surface area contributed by atoms with Crippen LogP contribution in [0.25, 0.3) is 0 Å². The van der Waals surface area contributed by atoms with Crippen molar-refractivity contribution in [1.29, 1.82) is 0 Å². The summed E-state index contributed by atoms with van der Waals surface area (Å²) in [6.07, 6.45) is 2.90. The topological polar surface area (TPSA) is 41.8 Å². The normalized spacial score (nSPS) is 10.0. The van der Waals surface area contributed by atoms with Gasteiger partial charge in [0.2, 0.25) is 0 Å². The highest BCUT2D eigenvalue weighted by Gasteiger charge is 1.94. The molecule has 0 saturated carbocycles. The molecule has 1 aromatic heterocycles. The number of H-pyrrole nitrogens is 1. The third kappa shape index (κ3) is 1.33. The van der Waals surface area contributed by atoms with Gasteiger partial charge >= 0.3 is 0 Å². The predicted octanol–water partition coefficient (Wildman–Crippen LogP) is 0.824. The van der Waals surface area contributed by atoms with Gasteiger partial charge < -0.3 is 10.7 Å². The predicted molar refractivity (Wildman–Crippen MR) is 38.3 cm³/mol. The van der Waals surface area contributed by atoms with E-state index in [1.807, 2.05) is 6.20 Å². The van der Waals surface area contributed by atoms with Crippen molar-refractivity contribution in [3.63, 3.8) is 0 Å². The maximum Gasteiger partial charge on any atom is 0.0189 e. The standard InChI is InChI=1S/C7H12N2/c1-6-3-5-9-7(6)2-4-8/h3,5,9H,2,4,8H2,1H3. The largest absolute Gasteiger partial charge is 0.365 e. The Morgan fingerprint density at radius 3 is 2.89 bits per heavy atom. The Morgan fingerprint density at radius 2 is 2.44 bits per heavy atom. The highest BCUT2D eigenvalue weighted by atomic mass is 14.7. The molecule has 9 heavy (non-hydrogen) atoms. The molecule has 0 atom stereocenters. The summed E-state index contributed by atoms with van der Waals surface area (Å²) in [6.45, 7) is 2.81. The van der Waals surface area contributed by atoms with E-state index in [9.17, 15) is 0 Å². The zero-order chi connectivity index (χ0) is 6.69. The first-order valence-electron chi connectivity index (χ1n) is 3.17. The molecule has 0 saturated heterocycles. The minimum Gasteiger partial charge on any atom is -0.365 e. The van der Waals surface area contributed by atoms with Crippen LogP contribution in [-0.2, 0) is 6.42 Å². The Balaban J connectivity index is 2.69. The van der Waals surface area contributed by atoms with Crippen molar-refractivity contribution < 1.29 is 0 Å². The maximum atomic E-state index is 5.37. The van der Waals surface area contributed by atoms with E-state index >= 15 is 0 Å². The summed E-state index contributed by atoms with van der Waals surface area (Å²) in [5.41, 5.74) is 7.94. The fourth-order valence-corrected chi connectivity index (χ4v) is 0.895. The molecular weight excluding hydrogens is 112 g/mol. The van der Waals surface area contributed by atoms with Crippen molar-refractivity contribution in [3.05, 3.63) is 23.5 Å². The van der Waals surface area contributed by atoms with Gasteiger partial charge in [-0.2, -0.15) is 0 Å². The first kappa shape index (κ1) is 6.36. The van der Waals surface area contributed by atoms with Crippen LogP contribution in [0.4, 0.5) is 0 Å². The average Bonchev–Trinajstić information content (AvgIpc) is 2.18. The molecule has 0 aliphatic rings. The third-order valence-electron chi connectivity index (χ3n) is 1.46. The Labute approximate surface area is 55.1 Å². The van der Waals surface area contributed by atoms with E-state index in [2.05, 4.69) is 18.0 Å². The lowest BCUT2D eigenvalue weighted by molar-refractivity contribution is 0.925. The van der Waals surface area contributed by atoms with Crippen molar-refractivity contribution in [2.24, 2.45) is 5.73 Å². The second-order valence-electron chi connectivity index (χ2n) is 2.18. The van der Waals surface area contributed by atoms with Gasteiger partial charge in [0.15, 0.2) is 0 Å². The van der Waals surface area contributed by atoms with Gasteiger partial charge in [-0.3, -0.25) is 0 Å². The summed E-state index contributed by atoms with van der Waals surface area (Å²) >= 11 is 0. The summed E-state index contributed by atoms with van der Waals surface area (Å²) in [4.78, 5) is 3.13. The number of nitrogens with two attached hydrogens (primary N) is 1. The Hall–Kier alpha value is -0.760. The van der Waals surface area contributed by atoms with Crippen molar-refractivity contribution in [1.82, 2.24) is 4.98 Å². The Morgan fingerprint density at radius 1 is 1.67 bits per heavy atom. The first-order valence-corrected chi connectivity index (χ1v) is 3.17. The van der Waals surface area contributed by atoms with E-state index in [1.165, 1.54) is 11.3 Å². The van der Waals surface area contributed by atoms with Crippen LogP contribution < -0.4 is 5.73 Å². The SMILES string of the molecule is Cc1cc[nH]c1CCN. The molecule has 2 nitrogen and oxygen atoms in total. The molecule has 1 heterocycles. The molecule has 0 fully saturated rings. The molecule has 1 aromatic rings. The fourth-order valence-electron chi connectivity index (χ4n) is 0.895. The van der Waals surface area contributed by atoms with E-state index in [1.54, 1.807) is 0 Å². The maximum absolute atomic E-state index is 5.37. The van der Waals surface area contributed by atoms with E-state index in [0.29, 0.717) is 0 Å². The Kier molecular flexibility index (Phi) is 1.90. The minimum absolute atomic E-state index is 0.724. The van der Waals surface area contributed by atoms with Crippen molar-refractivity contribution >= 4 is 0 Å². The zero-order valence-electron chi connectivity index (χ0n) is 5.65. The third-order valence-corrected chi connectivity index (χ3v) is 1.46. The molecule has 1 rings (SSSR count). The molecular formula is C7H12N2. The average molecular weight is 124 g/mol. The van der Waals surface area contributed by atoms with Crippen LogP contribution >= 0.6 is 0 Å². The molecule has 0 aliphatic carbocycles. The summed E-state index contributed by atoms with van der Waals surface area (Å²) in [7, 11) is 0. The van der Waals surface area contributed by atoms with E-state index in [4.69, 9.17) is 5.73 Å². The van der Waals surface area contributed by atoms with Crippen LogP contribution in [0, 0.1) is 6.92 Å². The van der Waals surface area contributed by atoms with Gasteiger partial charge in [-0.25, -0.2) is 0 Å². The second kappa shape index (κ2) is 2.69. The molecule has 0 spiro atoms. The van der Waals surface area contributed by atoms with Crippen LogP contribution in [0.3, 0.4) is 0 Å². The molecule has 2 heteroatoms. The molecule has 3 N–H and O–H groups in total. The van der Waals surface area contributed by atoms with Gasteiger partial charge in [-0.15, -0.1) is 0 Å². The summed E-state index contributed by atoms with van der Waals surface area (Å²) in [5, 5.41) is 0. The van der Waals surface area contributed by atoms with Crippen LogP contribution in [-0.4, -0.2) is 11.5 Å². The molecule has 0 aliphatic heterocycles. The molecule has 50 valence electrons. The monoisotopic (exact) mass is 124 g/mol. The molecule has 0 unspecified atom stereocenters. The lowest BCUT2D eigenvalue weighted by Gasteiger charge is -1.93. The highest BCUT2D eigenvalue weighted by molar-refractivity contribution is 5.18. The summed E-state index contributed by atoms with van der Waals surface area (Å²) < 4.78 is 0. The number of hydrogen-bond donors (Lipinski definition) is 2. The molecule has 0 aromatic carbocycles. The van der Waals surface area contributed by atoms with Gasteiger partial charge in [0, 0.05) is 11.9 Å². The summed E-state index contributed by atoms with van der Waals surface area (Å²) in [5.74, 6) is 0. The number of hydrogen-bond acceptors (Lipinski definition) is 1. The summed E-state index contributed by atoms with van der Waals surface area (Å²) in [6, 6.07) is 2.06. The van der Waals surface area contributed by atoms with Crippen LogP contribution in [0.5, 0.6) is 0 Å². The van der Waals surface area contributed by atoms with Crippen molar-refractivity contribution in [3.8, 4) is 0 Å². The van der Waals surface area contributed by atoms with Crippen molar-refractivity contribution in [2.45, 2.75) is 13.3 Å². The number of aryl methyl sites for hydroxylation is 1. The lowest BCUT2D eigenvalue weighted by atomic mass is 10.2. The minimum atomic E-state index is 0.724. The zero-order valence-corrected chi connectivity index (χ0v) is 5.65. The first-order chi connectivity index (χ1) is 4.34. The number of aromatic amines is 1. The van der Waals surface area contributed by atoms with Gasteiger partial charge in [-0.05, 0) is 31.5 Å². The molecule has 0 amide bonds. The molecule has 0 radical (unpaired) electrons. The van der Waals surface area contributed by atoms with E-state index < -0.39 is 0 Å². The van der Waals surface area contributed by atoms with Gasteiger partial charge in [0.05, 0.1) is 0 Å². The lowest BCUT2D eigenvalue weighted by Crippen LogP contribution is -2.03. The van der Waals surface area contributed by atoms with Gasteiger partial charge in [-0.1, -0.05) is 0 Å². The van der Waals surface area contributed by atoms with Gasteiger partial charge in [0.1, 0.15) is 0 Å². The number of nitrogens with one attached hydrogen (secondary N) is 1. The van der Waals surface area contributed by atoms with Gasteiger partial charge in [0.25, 0.3) is 0 Å². The van der Waals surface area contributed by atoms with Crippen LogP contribution in [0.1, 0.15) is 11.3 Å². The quantitative estimate of drug-likeness (QED) is 0.602. The van der Waals surface area contributed by atoms with E-state index in [-0.39, 0.29) is 0 Å². The Bertz CT molecular complexity index is 179. The van der Waals surface area contributed by atoms with Crippen molar-refractivity contribution in [2.75, 3.05) is 6.54 Å². The second-order valence-corrected chi connectivity index (χ2v) is 2.18. The van der Waals surface area contributed by atoms with E-state index in [0.717, 1.165) is 13.0 Å².